The molecule has 2 fully saturated rings. The normalized spacial score (nSPS) is 22.4. The number of hydrogen-bond acceptors (Lipinski definition) is 5. The van der Waals surface area contributed by atoms with Gasteiger partial charge in [0, 0.05) is 60.8 Å². The summed E-state index contributed by atoms with van der Waals surface area (Å²) in [6, 6.07) is 25.3. The molecule has 0 atom stereocenters. The highest BCUT2D eigenvalue weighted by atomic mass is 16.2. The van der Waals surface area contributed by atoms with Crippen molar-refractivity contribution in [3.05, 3.63) is 142 Å². The van der Waals surface area contributed by atoms with Crippen LogP contribution in [-0.2, 0) is 20.4 Å². The third kappa shape index (κ3) is 5.04. The van der Waals surface area contributed by atoms with Crippen LogP contribution in [0.2, 0.25) is 0 Å². The highest BCUT2D eigenvalue weighted by Gasteiger charge is 2.44. The quantitative estimate of drug-likeness (QED) is 0.156. The molecule has 7 nitrogen and oxygen atoms in total. The topological polar surface area (TPSA) is 64.2 Å². The number of likely N-dealkylation sites (N-methyl/N-ethyl adjacent to an activating group) is 4. The summed E-state index contributed by atoms with van der Waals surface area (Å²) in [4.78, 5) is 47.6. The number of anilines is 2. The summed E-state index contributed by atoms with van der Waals surface area (Å²) in [5.74, 6) is -1.13. The van der Waals surface area contributed by atoms with E-state index in [1.807, 2.05) is 0 Å². The van der Waals surface area contributed by atoms with Crippen LogP contribution in [0.4, 0.5) is 16.2 Å². The van der Waals surface area contributed by atoms with Gasteiger partial charge in [-0.2, -0.15) is 0 Å². The highest BCUT2D eigenvalue weighted by Crippen LogP contribution is 2.52. The number of carbonyl (C=O) groups excluding carboxylic acids is 3. The van der Waals surface area contributed by atoms with Crippen LogP contribution in [0, 0.1) is 0 Å². The Morgan fingerprint density at radius 1 is 0.556 bits per heavy atom. The third-order valence-corrected chi connectivity index (χ3v) is 12.2. The molecule has 1 saturated carbocycles. The van der Waals surface area contributed by atoms with Gasteiger partial charge >= 0.3 is 6.03 Å². The second kappa shape index (κ2) is 12.7. The molecule has 0 unspecified atom stereocenters. The lowest BCUT2D eigenvalue weighted by molar-refractivity contribution is -0.134. The summed E-state index contributed by atoms with van der Waals surface area (Å²) in [5.41, 5.74) is 9.27. The minimum Gasteiger partial charge on any atom is -0.344 e. The van der Waals surface area contributed by atoms with Crippen molar-refractivity contribution in [3.8, 4) is 0 Å². The number of benzene rings is 4. The molecule has 0 aromatic heterocycles. The number of allylic oxidation sites excluding steroid dienone is 9. The van der Waals surface area contributed by atoms with Gasteiger partial charge in [-0.05, 0) is 100 Å². The summed E-state index contributed by atoms with van der Waals surface area (Å²) >= 11 is 0. The van der Waals surface area contributed by atoms with E-state index in [2.05, 4.69) is 148 Å². The van der Waals surface area contributed by atoms with Crippen molar-refractivity contribution < 1.29 is 14.4 Å². The van der Waals surface area contributed by atoms with E-state index in [-0.39, 0.29) is 16.4 Å². The predicted molar refractivity (Wildman–Crippen MR) is 220 cm³/mol. The van der Waals surface area contributed by atoms with E-state index >= 15 is 0 Å². The number of rotatable bonds is 4. The highest BCUT2D eigenvalue weighted by molar-refractivity contribution is 6.29. The number of urea groups is 1. The molecule has 1 aliphatic carbocycles. The minimum absolute atomic E-state index is 0.0472. The fourth-order valence-electron chi connectivity index (χ4n) is 9.53. The molecule has 4 aliphatic rings. The van der Waals surface area contributed by atoms with Crippen molar-refractivity contribution in [1.82, 2.24) is 9.80 Å². The number of hydrogen-bond donors (Lipinski definition) is 0. The summed E-state index contributed by atoms with van der Waals surface area (Å²) in [6.07, 6.45) is 9.92. The van der Waals surface area contributed by atoms with E-state index in [1.54, 1.807) is 0 Å². The number of barbiturate groups is 1. The second-order valence-corrected chi connectivity index (χ2v) is 15.8. The van der Waals surface area contributed by atoms with E-state index in [0.717, 1.165) is 45.4 Å². The summed E-state index contributed by atoms with van der Waals surface area (Å²) in [5, 5.41) is 4.92. The maximum Gasteiger partial charge on any atom is 0.333 e. The van der Waals surface area contributed by atoms with Crippen molar-refractivity contribution >= 4 is 50.8 Å². The maximum atomic E-state index is 13.9. The first-order chi connectivity index (χ1) is 25.8. The Morgan fingerprint density at radius 3 is 1.37 bits per heavy atom. The van der Waals surface area contributed by atoms with Crippen LogP contribution in [0.5, 0.6) is 0 Å². The lowest BCUT2D eigenvalue weighted by Crippen LogP contribution is -2.53. The van der Waals surface area contributed by atoms with Gasteiger partial charge in [-0.25, -0.2) is 4.79 Å². The van der Waals surface area contributed by atoms with Gasteiger partial charge in [0.15, 0.2) is 0 Å². The minimum atomic E-state index is -0.625. The van der Waals surface area contributed by atoms with Gasteiger partial charge in [0.1, 0.15) is 5.57 Å². The van der Waals surface area contributed by atoms with Crippen LogP contribution in [-0.4, -0.2) is 54.8 Å². The summed E-state index contributed by atoms with van der Waals surface area (Å²) in [7, 11) is 2.90. The average Bonchev–Trinajstić information content (AvgIpc) is 3.74. The van der Waals surface area contributed by atoms with Crippen molar-refractivity contribution in [2.45, 2.75) is 65.2 Å². The molecule has 54 heavy (non-hydrogen) atoms. The van der Waals surface area contributed by atoms with Crippen molar-refractivity contribution in [2.75, 3.05) is 37.0 Å². The molecule has 4 amide bonds. The van der Waals surface area contributed by atoms with Crippen LogP contribution in [0.25, 0.3) is 21.5 Å². The van der Waals surface area contributed by atoms with E-state index in [4.69, 9.17) is 0 Å². The Morgan fingerprint density at radius 2 is 0.963 bits per heavy atom. The maximum absolute atomic E-state index is 13.9. The number of imide groups is 2. The van der Waals surface area contributed by atoms with E-state index in [9.17, 15) is 14.4 Å². The van der Waals surface area contributed by atoms with Crippen LogP contribution in [0.15, 0.2) is 131 Å². The molecular weight excluding hydrogens is 669 g/mol. The van der Waals surface area contributed by atoms with Crippen LogP contribution < -0.4 is 9.80 Å². The molecule has 8 rings (SSSR count). The van der Waals surface area contributed by atoms with Crippen LogP contribution in [0.3, 0.4) is 0 Å². The number of carbonyl (C=O) groups is 3. The SMILES string of the molecule is CCN1C(=CC=C2CCC(=CC=C3N(CC)c4ccc5ccccc5c4C3(C)C)C2=C2C(=O)N(C)C(=O)N(C)C2=O)C(C)(C)c2c1ccc1ccccc21. The molecule has 0 bridgehead atoms. The lowest BCUT2D eigenvalue weighted by atomic mass is 9.81. The zero-order valence-electron chi connectivity index (χ0n) is 32.6. The number of amides is 4. The van der Waals surface area contributed by atoms with Crippen LogP contribution >= 0.6 is 0 Å². The van der Waals surface area contributed by atoms with Crippen LogP contribution in [0.1, 0.15) is 65.5 Å². The Bertz CT molecular complexity index is 2310. The Labute approximate surface area is 318 Å². The standard InChI is InChI=1S/C47H48N4O3/c1-9-50-35-25-21-29-15-11-13-17-33(29)41(35)46(3,4)37(50)27-23-31-19-20-32(39(31)40-43(52)48(7)45(54)49(8)44(40)53)24-28-38-47(5,6)42-34-18-14-12-16-30(34)22-26-36(42)51(38)10-2/h11-18,21-28H,9-10,19-20H2,1-8H3. The zero-order chi connectivity index (χ0) is 38.3. The van der Waals surface area contributed by atoms with E-state index < -0.39 is 17.8 Å². The van der Waals surface area contributed by atoms with Crippen molar-refractivity contribution in [2.24, 2.45) is 0 Å². The zero-order valence-corrected chi connectivity index (χ0v) is 32.6. The second-order valence-electron chi connectivity index (χ2n) is 15.8. The van der Waals surface area contributed by atoms with E-state index in [0.29, 0.717) is 18.4 Å². The molecule has 3 aliphatic heterocycles. The molecule has 0 spiro atoms. The first-order valence-electron chi connectivity index (χ1n) is 19.1. The number of fused-ring (bicyclic) bond motifs is 6. The lowest BCUT2D eigenvalue weighted by Gasteiger charge is -2.30. The monoisotopic (exact) mass is 716 g/mol. The molecule has 4 aromatic carbocycles. The largest absolute Gasteiger partial charge is 0.344 e. The van der Waals surface area contributed by atoms with E-state index in [1.165, 1.54) is 58.1 Å². The third-order valence-electron chi connectivity index (χ3n) is 12.2. The fourth-order valence-corrected chi connectivity index (χ4v) is 9.53. The summed E-state index contributed by atoms with van der Waals surface area (Å²) in [6.45, 7) is 15.0. The predicted octanol–water partition coefficient (Wildman–Crippen LogP) is 9.69. The van der Waals surface area contributed by atoms with Gasteiger partial charge in [-0.15, -0.1) is 0 Å². The van der Waals surface area contributed by atoms with Gasteiger partial charge in [-0.1, -0.05) is 101 Å². The molecule has 0 radical (unpaired) electrons. The van der Waals surface area contributed by atoms with Gasteiger partial charge in [0.2, 0.25) is 0 Å². The first-order valence-corrected chi connectivity index (χ1v) is 19.1. The van der Waals surface area contributed by atoms with Gasteiger partial charge in [0.05, 0.1) is 0 Å². The Balaban J connectivity index is 1.28. The summed E-state index contributed by atoms with van der Waals surface area (Å²) < 4.78 is 0. The Kier molecular flexibility index (Phi) is 8.33. The van der Waals surface area contributed by atoms with Crippen molar-refractivity contribution in [1.29, 1.82) is 0 Å². The van der Waals surface area contributed by atoms with Crippen molar-refractivity contribution in [3.63, 3.8) is 0 Å². The van der Waals surface area contributed by atoms with Gasteiger partial charge in [0.25, 0.3) is 11.8 Å². The van der Waals surface area contributed by atoms with Gasteiger partial charge < -0.3 is 9.80 Å². The molecule has 274 valence electrons. The molecular formula is C47H48N4O3. The average molecular weight is 717 g/mol. The first kappa shape index (κ1) is 35.3. The smallest absolute Gasteiger partial charge is 0.333 e. The molecule has 1 saturated heterocycles. The molecule has 7 heteroatoms. The fraction of sp³-hybridized carbons (Fsp3) is 0.298. The molecule has 3 heterocycles. The molecule has 4 aromatic rings. The Hall–Kier alpha value is -5.69. The van der Waals surface area contributed by atoms with Gasteiger partial charge in [-0.3, -0.25) is 19.4 Å². The molecule has 0 N–H and O–H groups in total. The number of nitrogens with zero attached hydrogens (tertiary/aromatic N) is 4.